The highest BCUT2D eigenvalue weighted by Gasteiger charge is 2.46. The van der Waals surface area contributed by atoms with Crippen LogP contribution in [0.25, 0.3) is 0 Å². The molecular formula is C21H32ClN3O. The molecule has 2 aliphatic rings. The number of nitrogens with zero attached hydrogens (tertiary/aromatic N) is 2. The first-order valence-electron chi connectivity index (χ1n) is 9.83. The van der Waals surface area contributed by atoms with Gasteiger partial charge in [-0.3, -0.25) is 9.69 Å². The van der Waals surface area contributed by atoms with Crippen LogP contribution in [0.4, 0.5) is 0 Å². The molecule has 4 nitrogen and oxygen atoms in total. The minimum atomic E-state index is -0.00524. The highest BCUT2D eigenvalue weighted by molar-refractivity contribution is 6.31. The molecule has 1 aromatic rings. The van der Waals surface area contributed by atoms with Crippen LogP contribution < -0.4 is 5.32 Å². The summed E-state index contributed by atoms with van der Waals surface area (Å²) in [4.78, 5) is 17.8. The zero-order valence-corrected chi connectivity index (χ0v) is 17.1. The molecular weight excluding hydrogens is 346 g/mol. The molecule has 3 rings (SSSR count). The number of carbonyl (C=O) groups excluding carboxylic acids is 1. The van der Waals surface area contributed by atoms with E-state index in [1.165, 1.54) is 12.8 Å². The summed E-state index contributed by atoms with van der Waals surface area (Å²) in [6.07, 6.45) is 3.34. The topological polar surface area (TPSA) is 35.6 Å². The molecule has 1 atom stereocenters. The van der Waals surface area contributed by atoms with E-state index in [0.29, 0.717) is 17.9 Å². The van der Waals surface area contributed by atoms with Gasteiger partial charge in [-0.15, -0.1) is 0 Å². The third-order valence-corrected chi connectivity index (χ3v) is 6.28. The molecule has 0 bridgehead atoms. The number of carbonyl (C=O) groups is 1. The van der Waals surface area contributed by atoms with Crippen molar-refractivity contribution in [2.24, 2.45) is 11.3 Å². The van der Waals surface area contributed by atoms with Gasteiger partial charge in [0.05, 0.1) is 6.04 Å². The first kappa shape index (κ1) is 19.7. The summed E-state index contributed by atoms with van der Waals surface area (Å²) in [5, 5.41) is 4.19. The number of nitrogens with one attached hydrogen (secondary N) is 1. The number of likely N-dealkylation sites (tertiary alicyclic amines) is 1. The van der Waals surface area contributed by atoms with Crippen LogP contribution in [0.5, 0.6) is 0 Å². The standard InChI is InChI=1S/C21H32ClN3O/c1-16(2)13-25(14-17-6-4-5-7-18(17)22)20(26)19-12-21(15-24(19)3)8-10-23-11-9-21/h4-7,16,19,23H,8-15H2,1-3H3. The molecule has 0 radical (unpaired) electrons. The molecule has 0 saturated carbocycles. The van der Waals surface area contributed by atoms with Gasteiger partial charge in [-0.2, -0.15) is 0 Å². The molecule has 1 amide bonds. The van der Waals surface area contributed by atoms with E-state index >= 15 is 0 Å². The lowest BCUT2D eigenvalue weighted by Crippen LogP contribution is -2.45. The van der Waals surface area contributed by atoms with Crippen molar-refractivity contribution >= 4 is 17.5 Å². The van der Waals surface area contributed by atoms with E-state index in [4.69, 9.17) is 11.6 Å². The molecule has 5 heteroatoms. The number of likely N-dealkylation sites (N-methyl/N-ethyl adjacent to an activating group) is 1. The van der Waals surface area contributed by atoms with Gasteiger partial charge in [0.15, 0.2) is 0 Å². The van der Waals surface area contributed by atoms with Crippen molar-refractivity contribution in [3.8, 4) is 0 Å². The van der Waals surface area contributed by atoms with Crippen LogP contribution in [0.3, 0.4) is 0 Å². The Morgan fingerprint density at radius 3 is 2.69 bits per heavy atom. The SMILES string of the molecule is CC(C)CN(Cc1ccccc1Cl)C(=O)C1CC2(CCNCC2)CN1C. The number of amides is 1. The predicted molar refractivity (Wildman–Crippen MR) is 107 cm³/mol. The highest BCUT2D eigenvalue weighted by atomic mass is 35.5. The van der Waals surface area contributed by atoms with Crippen LogP contribution >= 0.6 is 11.6 Å². The zero-order valence-electron chi connectivity index (χ0n) is 16.3. The van der Waals surface area contributed by atoms with Crippen molar-refractivity contribution in [3.05, 3.63) is 34.9 Å². The lowest BCUT2D eigenvalue weighted by Gasteiger charge is -2.33. The fourth-order valence-electron chi connectivity index (χ4n) is 4.58. The van der Waals surface area contributed by atoms with Crippen LogP contribution in [0.15, 0.2) is 24.3 Å². The molecule has 0 aliphatic carbocycles. The van der Waals surface area contributed by atoms with Gasteiger partial charge in [-0.1, -0.05) is 43.6 Å². The maximum atomic E-state index is 13.5. The smallest absolute Gasteiger partial charge is 0.240 e. The maximum Gasteiger partial charge on any atom is 0.240 e. The zero-order chi connectivity index (χ0) is 18.7. The number of hydrogen-bond donors (Lipinski definition) is 1. The van der Waals surface area contributed by atoms with E-state index < -0.39 is 0 Å². The second kappa shape index (κ2) is 8.28. The Kier molecular flexibility index (Phi) is 6.26. The van der Waals surface area contributed by atoms with E-state index in [1.807, 2.05) is 29.2 Å². The lowest BCUT2D eigenvalue weighted by atomic mass is 9.77. The van der Waals surface area contributed by atoms with E-state index in [1.54, 1.807) is 0 Å². The van der Waals surface area contributed by atoms with Crippen LogP contribution in [0, 0.1) is 11.3 Å². The first-order valence-corrected chi connectivity index (χ1v) is 10.2. The molecule has 2 fully saturated rings. The molecule has 144 valence electrons. The summed E-state index contributed by atoms with van der Waals surface area (Å²) in [7, 11) is 2.11. The van der Waals surface area contributed by atoms with E-state index in [-0.39, 0.29) is 11.9 Å². The van der Waals surface area contributed by atoms with E-state index in [9.17, 15) is 4.79 Å². The van der Waals surface area contributed by atoms with Crippen molar-refractivity contribution < 1.29 is 4.79 Å². The second-order valence-electron chi connectivity index (χ2n) is 8.59. The predicted octanol–water partition coefficient (Wildman–Crippen LogP) is 3.40. The van der Waals surface area contributed by atoms with Crippen molar-refractivity contribution in [1.29, 1.82) is 0 Å². The summed E-state index contributed by atoms with van der Waals surface area (Å²) in [6, 6.07) is 7.85. The summed E-state index contributed by atoms with van der Waals surface area (Å²) < 4.78 is 0. The number of halogens is 1. The number of benzene rings is 1. The van der Waals surface area contributed by atoms with Crippen LogP contribution in [-0.2, 0) is 11.3 Å². The average molecular weight is 378 g/mol. The monoisotopic (exact) mass is 377 g/mol. The van der Waals surface area contributed by atoms with Crippen LogP contribution in [0.2, 0.25) is 5.02 Å². The van der Waals surface area contributed by atoms with Crippen molar-refractivity contribution in [1.82, 2.24) is 15.1 Å². The first-order chi connectivity index (χ1) is 12.4. The summed E-state index contributed by atoms with van der Waals surface area (Å²) in [5.74, 6) is 0.692. The van der Waals surface area contributed by atoms with Crippen LogP contribution in [-0.4, -0.2) is 55.0 Å². The van der Waals surface area contributed by atoms with Gasteiger partial charge in [0.1, 0.15) is 0 Å². The normalized spacial score (nSPS) is 22.9. The highest BCUT2D eigenvalue weighted by Crippen LogP contribution is 2.41. The average Bonchev–Trinajstić information content (AvgIpc) is 2.91. The minimum Gasteiger partial charge on any atom is -0.337 e. The molecule has 0 aromatic heterocycles. The van der Waals surface area contributed by atoms with Gasteiger partial charge in [-0.05, 0) is 62.4 Å². The molecule has 1 spiro atoms. The van der Waals surface area contributed by atoms with Gasteiger partial charge < -0.3 is 10.2 Å². The van der Waals surface area contributed by atoms with Gasteiger partial charge in [0.25, 0.3) is 0 Å². The molecule has 2 heterocycles. The van der Waals surface area contributed by atoms with Gasteiger partial charge in [0.2, 0.25) is 5.91 Å². The Balaban J connectivity index is 1.75. The number of rotatable bonds is 5. The Morgan fingerprint density at radius 1 is 1.35 bits per heavy atom. The fraction of sp³-hybridized carbons (Fsp3) is 0.667. The van der Waals surface area contributed by atoms with Crippen molar-refractivity contribution in [2.45, 2.75) is 45.7 Å². The quantitative estimate of drug-likeness (QED) is 0.854. The Labute approximate surface area is 162 Å². The van der Waals surface area contributed by atoms with Gasteiger partial charge >= 0.3 is 0 Å². The third-order valence-electron chi connectivity index (χ3n) is 5.91. The fourth-order valence-corrected chi connectivity index (χ4v) is 4.78. The van der Waals surface area contributed by atoms with Gasteiger partial charge in [0, 0.05) is 24.7 Å². The molecule has 2 saturated heterocycles. The Morgan fingerprint density at radius 2 is 2.04 bits per heavy atom. The minimum absolute atomic E-state index is 0.00524. The maximum absolute atomic E-state index is 13.5. The van der Waals surface area contributed by atoms with Crippen molar-refractivity contribution in [3.63, 3.8) is 0 Å². The largest absolute Gasteiger partial charge is 0.337 e. The Bertz CT molecular complexity index is 627. The molecule has 2 aliphatic heterocycles. The van der Waals surface area contributed by atoms with E-state index in [2.05, 4.69) is 31.1 Å². The Hall–Kier alpha value is -1.10. The van der Waals surface area contributed by atoms with Gasteiger partial charge in [-0.25, -0.2) is 0 Å². The van der Waals surface area contributed by atoms with E-state index in [0.717, 1.165) is 43.2 Å². The summed E-state index contributed by atoms with van der Waals surface area (Å²) in [5.41, 5.74) is 1.34. The van der Waals surface area contributed by atoms with Crippen molar-refractivity contribution in [2.75, 3.05) is 33.2 Å². The summed E-state index contributed by atoms with van der Waals surface area (Å²) in [6.45, 7) is 8.87. The molecule has 1 N–H and O–H groups in total. The molecule has 26 heavy (non-hydrogen) atoms. The molecule has 1 unspecified atom stereocenters. The lowest BCUT2D eigenvalue weighted by molar-refractivity contribution is -0.136. The second-order valence-corrected chi connectivity index (χ2v) is 9.00. The molecule has 1 aromatic carbocycles. The summed E-state index contributed by atoms with van der Waals surface area (Å²) >= 11 is 6.36. The number of piperidine rings is 1. The number of hydrogen-bond acceptors (Lipinski definition) is 3. The third kappa shape index (κ3) is 4.41. The van der Waals surface area contributed by atoms with Crippen LogP contribution in [0.1, 0.15) is 38.7 Å².